The number of hydrogen-bond donors (Lipinski definition) is 2. The lowest BCUT2D eigenvalue weighted by Gasteiger charge is -2.20. The van der Waals surface area contributed by atoms with Gasteiger partial charge in [-0.15, -0.1) is 0 Å². The van der Waals surface area contributed by atoms with Gasteiger partial charge < -0.3 is 4.98 Å². The molecule has 0 saturated carbocycles. The Morgan fingerprint density at radius 1 is 0.971 bits per heavy atom. The van der Waals surface area contributed by atoms with Gasteiger partial charge in [-0.1, -0.05) is 55.5 Å². The molecule has 2 N–H and O–H groups in total. The Kier molecular flexibility index (Phi) is 6.77. The minimum Gasteiger partial charge on any atom is -0.322 e. The molecule has 7 heteroatoms. The van der Waals surface area contributed by atoms with Crippen molar-refractivity contribution in [2.45, 2.75) is 37.6 Å². The number of Topliss-reactive ketones (excluding diaryl/α,β-unsaturated/α-hetero) is 1. The molecule has 34 heavy (non-hydrogen) atoms. The standard InChI is InChI=1S/C27H26N2O4S/c1-3-19-11-7-8-18(2)23(19)17-25(30)27(20-9-5-4-6-10-20)29-34(32,33)22-13-14-24-21(16-22)12-15-26(31)28-24/h4-16,27,29H,3,17H2,1-2H3,(H,28,31). The Morgan fingerprint density at radius 3 is 2.47 bits per heavy atom. The minimum absolute atomic E-state index is 0.0194. The maximum absolute atomic E-state index is 13.5. The lowest BCUT2D eigenvalue weighted by atomic mass is 9.92. The van der Waals surface area contributed by atoms with E-state index in [-0.39, 0.29) is 22.7 Å². The molecule has 0 radical (unpaired) electrons. The van der Waals surface area contributed by atoms with Crippen LogP contribution in [0, 0.1) is 6.92 Å². The molecule has 0 aliphatic carbocycles. The molecule has 1 unspecified atom stereocenters. The molecular formula is C27H26N2O4S. The molecule has 0 fully saturated rings. The van der Waals surface area contributed by atoms with Crippen LogP contribution >= 0.6 is 0 Å². The van der Waals surface area contributed by atoms with E-state index in [0.29, 0.717) is 16.5 Å². The van der Waals surface area contributed by atoms with Crippen molar-refractivity contribution in [2.75, 3.05) is 0 Å². The maximum Gasteiger partial charge on any atom is 0.248 e. The molecule has 0 aliphatic heterocycles. The molecule has 1 heterocycles. The van der Waals surface area contributed by atoms with Gasteiger partial charge in [-0.25, -0.2) is 8.42 Å². The third kappa shape index (κ3) is 5.00. The smallest absolute Gasteiger partial charge is 0.248 e. The third-order valence-corrected chi connectivity index (χ3v) is 7.39. The number of carbonyl (C=O) groups excluding carboxylic acids is 1. The van der Waals surface area contributed by atoms with Gasteiger partial charge >= 0.3 is 0 Å². The second-order valence-corrected chi connectivity index (χ2v) is 9.96. The first-order chi connectivity index (χ1) is 16.3. The first kappa shape index (κ1) is 23.6. The van der Waals surface area contributed by atoms with Gasteiger partial charge in [0.25, 0.3) is 0 Å². The van der Waals surface area contributed by atoms with Crippen molar-refractivity contribution in [3.05, 3.63) is 111 Å². The fourth-order valence-electron chi connectivity index (χ4n) is 4.11. The highest BCUT2D eigenvalue weighted by atomic mass is 32.2. The maximum atomic E-state index is 13.5. The van der Waals surface area contributed by atoms with E-state index < -0.39 is 16.1 Å². The molecule has 0 amide bonds. The number of nitrogens with one attached hydrogen (secondary N) is 2. The summed E-state index contributed by atoms with van der Waals surface area (Å²) in [6.07, 6.45) is 0.905. The number of sulfonamides is 1. The Hall–Kier alpha value is -3.55. The lowest BCUT2D eigenvalue weighted by Crippen LogP contribution is -2.35. The van der Waals surface area contributed by atoms with Gasteiger partial charge in [-0.3, -0.25) is 9.59 Å². The van der Waals surface area contributed by atoms with E-state index >= 15 is 0 Å². The van der Waals surface area contributed by atoms with Crippen molar-refractivity contribution in [3.8, 4) is 0 Å². The van der Waals surface area contributed by atoms with Crippen LogP contribution in [-0.4, -0.2) is 19.2 Å². The van der Waals surface area contributed by atoms with Crippen LogP contribution in [0.3, 0.4) is 0 Å². The molecule has 1 atom stereocenters. The molecule has 4 rings (SSSR count). The Bertz CT molecular complexity index is 1510. The number of aromatic nitrogens is 1. The molecule has 6 nitrogen and oxygen atoms in total. The molecule has 0 aliphatic rings. The average Bonchev–Trinajstić information content (AvgIpc) is 2.83. The second-order valence-electron chi connectivity index (χ2n) is 8.25. The number of aromatic amines is 1. The Balaban J connectivity index is 1.70. The molecule has 174 valence electrons. The summed E-state index contributed by atoms with van der Waals surface area (Å²) in [6.45, 7) is 4.00. The normalized spacial score (nSPS) is 12.5. The van der Waals surface area contributed by atoms with Crippen molar-refractivity contribution in [3.63, 3.8) is 0 Å². The van der Waals surface area contributed by atoms with E-state index in [2.05, 4.69) is 9.71 Å². The topological polar surface area (TPSA) is 96.1 Å². The van der Waals surface area contributed by atoms with Crippen LogP contribution in [-0.2, 0) is 27.7 Å². The van der Waals surface area contributed by atoms with Gasteiger partial charge in [0.15, 0.2) is 5.78 Å². The van der Waals surface area contributed by atoms with Crippen LogP contribution in [0.4, 0.5) is 0 Å². The van der Waals surface area contributed by atoms with Crippen molar-refractivity contribution in [1.29, 1.82) is 0 Å². The molecule has 4 aromatic rings. The Labute approximate surface area is 198 Å². The zero-order chi connectivity index (χ0) is 24.3. The molecular weight excluding hydrogens is 448 g/mol. The van der Waals surface area contributed by atoms with Crippen LogP contribution in [0.15, 0.2) is 88.6 Å². The van der Waals surface area contributed by atoms with Crippen molar-refractivity contribution >= 4 is 26.7 Å². The van der Waals surface area contributed by atoms with Crippen molar-refractivity contribution in [2.24, 2.45) is 0 Å². The quantitative estimate of drug-likeness (QED) is 0.399. The van der Waals surface area contributed by atoms with E-state index in [1.54, 1.807) is 36.4 Å². The zero-order valence-electron chi connectivity index (χ0n) is 19.0. The van der Waals surface area contributed by atoms with Crippen LogP contribution in [0.2, 0.25) is 0 Å². The number of H-pyrrole nitrogens is 1. The summed E-state index contributed by atoms with van der Waals surface area (Å²) >= 11 is 0. The molecule has 3 aromatic carbocycles. The van der Waals surface area contributed by atoms with Gasteiger partial charge in [-0.2, -0.15) is 4.72 Å². The van der Waals surface area contributed by atoms with E-state index in [4.69, 9.17) is 0 Å². The molecule has 1 aromatic heterocycles. The monoisotopic (exact) mass is 474 g/mol. The van der Waals surface area contributed by atoms with Gasteiger partial charge in [0.2, 0.25) is 15.6 Å². The van der Waals surface area contributed by atoms with Crippen LogP contribution in [0.1, 0.15) is 35.2 Å². The average molecular weight is 475 g/mol. The Morgan fingerprint density at radius 2 is 1.74 bits per heavy atom. The fourth-order valence-corrected chi connectivity index (χ4v) is 5.35. The van der Waals surface area contributed by atoms with Gasteiger partial charge in [0.1, 0.15) is 6.04 Å². The van der Waals surface area contributed by atoms with E-state index in [1.165, 1.54) is 18.2 Å². The molecule has 0 spiro atoms. The number of rotatable bonds is 8. The highest BCUT2D eigenvalue weighted by molar-refractivity contribution is 7.89. The highest BCUT2D eigenvalue weighted by Gasteiger charge is 2.28. The summed E-state index contributed by atoms with van der Waals surface area (Å²) in [5, 5.41) is 0.581. The number of fused-ring (bicyclic) bond motifs is 1. The predicted molar refractivity (Wildman–Crippen MR) is 133 cm³/mol. The van der Waals surface area contributed by atoms with Gasteiger partial charge in [-0.05, 0) is 65.3 Å². The fraction of sp³-hybridized carbons (Fsp3) is 0.185. The number of pyridine rings is 1. The lowest BCUT2D eigenvalue weighted by molar-refractivity contribution is -0.120. The first-order valence-electron chi connectivity index (χ1n) is 11.1. The van der Waals surface area contributed by atoms with E-state index in [9.17, 15) is 18.0 Å². The highest BCUT2D eigenvalue weighted by Crippen LogP contribution is 2.24. The number of ketones is 1. The van der Waals surface area contributed by atoms with Crippen LogP contribution in [0.25, 0.3) is 10.9 Å². The van der Waals surface area contributed by atoms with Crippen LogP contribution in [0.5, 0.6) is 0 Å². The van der Waals surface area contributed by atoms with E-state index in [0.717, 1.165) is 23.1 Å². The SMILES string of the molecule is CCc1cccc(C)c1CC(=O)C(NS(=O)(=O)c1ccc2[nH]c(=O)ccc2c1)c1ccccc1. The zero-order valence-corrected chi connectivity index (χ0v) is 19.9. The number of aryl methyl sites for hydroxylation is 2. The number of benzene rings is 3. The number of hydrogen-bond acceptors (Lipinski definition) is 4. The first-order valence-corrected chi connectivity index (χ1v) is 12.6. The summed E-state index contributed by atoms with van der Waals surface area (Å²) in [4.78, 5) is 27.8. The predicted octanol–water partition coefficient (Wildman–Crippen LogP) is 4.23. The summed E-state index contributed by atoms with van der Waals surface area (Å²) < 4.78 is 29.3. The van der Waals surface area contributed by atoms with Crippen molar-refractivity contribution < 1.29 is 13.2 Å². The summed E-state index contributed by atoms with van der Waals surface area (Å²) in [5.74, 6) is -0.233. The molecule has 0 saturated heterocycles. The number of carbonyl (C=O) groups is 1. The summed E-state index contributed by atoms with van der Waals surface area (Å²) in [5.41, 5.74) is 3.86. The van der Waals surface area contributed by atoms with Gasteiger partial charge in [0.05, 0.1) is 4.90 Å². The second kappa shape index (κ2) is 9.75. The third-order valence-electron chi connectivity index (χ3n) is 5.97. The summed E-state index contributed by atoms with van der Waals surface area (Å²) in [6, 6.07) is 21.1. The largest absolute Gasteiger partial charge is 0.322 e. The van der Waals surface area contributed by atoms with Gasteiger partial charge in [0, 0.05) is 18.0 Å². The minimum atomic E-state index is -4.04. The molecule has 0 bridgehead atoms. The van der Waals surface area contributed by atoms with E-state index in [1.807, 2.05) is 38.1 Å². The summed E-state index contributed by atoms with van der Waals surface area (Å²) in [7, 11) is -4.04. The van der Waals surface area contributed by atoms with Crippen molar-refractivity contribution in [1.82, 2.24) is 9.71 Å². The van der Waals surface area contributed by atoms with Crippen LogP contribution < -0.4 is 10.3 Å².